The molecule has 1 N–H and O–H groups in total. The molecule has 0 saturated carbocycles. The van der Waals surface area contributed by atoms with Crippen molar-refractivity contribution in [3.8, 4) is 11.5 Å². The van der Waals surface area contributed by atoms with E-state index in [0.29, 0.717) is 17.9 Å². The number of methoxy groups -OCH3 is 1. The van der Waals surface area contributed by atoms with Gasteiger partial charge in [0.2, 0.25) is 0 Å². The van der Waals surface area contributed by atoms with Crippen LogP contribution in [0.5, 0.6) is 11.5 Å². The summed E-state index contributed by atoms with van der Waals surface area (Å²) in [6.45, 7) is 6.78. The van der Waals surface area contributed by atoms with Crippen molar-refractivity contribution >= 4 is 11.8 Å². The standard InChI is InChI=1S/C18H24O5/c1-5-6-13-7-9-15(16(11-13)22-4)23-17(20)10-8-14(19)12-18(2,3)21/h5,7,9,11,21H,1,6,8,10,12H2,2-4H3. The largest absolute Gasteiger partial charge is 0.493 e. The Bertz CT molecular complexity index is 569. The molecule has 0 spiro atoms. The first kappa shape index (κ1) is 18.9. The van der Waals surface area contributed by atoms with Crippen LogP contribution in [0.15, 0.2) is 30.9 Å². The third-order valence-corrected chi connectivity index (χ3v) is 3.07. The zero-order valence-corrected chi connectivity index (χ0v) is 13.9. The van der Waals surface area contributed by atoms with Crippen LogP contribution in [0.1, 0.15) is 38.7 Å². The predicted molar refractivity (Wildman–Crippen MR) is 87.7 cm³/mol. The second kappa shape index (κ2) is 8.48. The summed E-state index contributed by atoms with van der Waals surface area (Å²) in [5.74, 6) is 0.0902. The molecule has 0 atom stereocenters. The van der Waals surface area contributed by atoms with Crippen LogP contribution in [0.3, 0.4) is 0 Å². The van der Waals surface area contributed by atoms with E-state index in [2.05, 4.69) is 6.58 Å². The van der Waals surface area contributed by atoms with E-state index in [0.717, 1.165) is 5.56 Å². The van der Waals surface area contributed by atoms with Gasteiger partial charge in [0, 0.05) is 12.8 Å². The molecule has 0 aromatic heterocycles. The number of hydrogen-bond acceptors (Lipinski definition) is 5. The van der Waals surface area contributed by atoms with Gasteiger partial charge in [0.05, 0.1) is 19.1 Å². The molecule has 1 aromatic rings. The lowest BCUT2D eigenvalue weighted by Gasteiger charge is -2.15. The van der Waals surface area contributed by atoms with Gasteiger partial charge < -0.3 is 14.6 Å². The van der Waals surface area contributed by atoms with Crippen molar-refractivity contribution in [3.63, 3.8) is 0 Å². The van der Waals surface area contributed by atoms with Gasteiger partial charge in [-0.2, -0.15) is 0 Å². The van der Waals surface area contributed by atoms with Crippen LogP contribution in [0.2, 0.25) is 0 Å². The first-order chi connectivity index (χ1) is 10.7. The maximum absolute atomic E-state index is 11.9. The Hall–Kier alpha value is -2.14. The molecule has 23 heavy (non-hydrogen) atoms. The molecule has 0 aliphatic heterocycles. The Kier molecular flexibility index (Phi) is 6.97. The molecule has 126 valence electrons. The minimum atomic E-state index is -1.06. The Morgan fingerprint density at radius 1 is 1.26 bits per heavy atom. The first-order valence-corrected chi connectivity index (χ1v) is 7.47. The molecule has 0 aliphatic rings. The van der Waals surface area contributed by atoms with E-state index in [4.69, 9.17) is 9.47 Å². The maximum Gasteiger partial charge on any atom is 0.311 e. The molecule has 0 aliphatic carbocycles. The van der Waals surface area contributed by atoms with Crippen molar-refractivity contribution in [2.45, 2.75) is 45.1 Å². The van der Waals surface area contributed by atoms with Gasteiger partial charge in [-0.25, -0.2) is 0 Å². The lowest BCUT2D eigenvalue weighted by molar-refractivity contribution is -0.136. The van der Waals surface area contributed by atoms with Crippen molar-refractivity contribution < 1.29 is 24.2 Å². The number of carbonyl (C=O) groups is 2. The summed E-state index contributed by atoms with van der Waals surface area (Å²) in [6, 6.07) is 5.27. The number of benzene rings is 1. The molecule has 0 unspecified atom stereocenters. The van der Waals surface area contributed by atoms with Crippen LogP contribution in [0.4, 0.5) is 0 Å². The molecule has 1 aromatic carbocycles. The Balaban J connectivity index is 2.60. The fourth-order valence-corrected chi connectivity index (χ4v) is 2.08. The molecule has 0 radical (unpaired) electrons. The highest BCUT2D eigenvalue weighted by atomic mass is 16.6. The Labute approximate surface area is 136 Å². The third kappa shape index (κ3) is 7.10. The van der Waals surface area contributed by atoms with Crippen molar-refractivity contribution in [2.75, 3.05) is 7.11 Å². The van der Waals surface area contributed by atoms with E-state index in [1.165, 1.54) is 7.11 Å². The van der Waals surface area contributed by atoms with E-state index < -0.39 is 11.6 Å². The number of carbonyl (C=O) groups excluding carboxylic acids is 2. The average Bonchev–Trinajstić information content (AvgIpc) is 2.45. The smallest absolute Gasteiger partial charge is 0.311 e. The van der Waals surface area contributed by atoms with E-state index in [1.54, 1.807) is 32.1 Å². The second-order valence-corrected chi connectivity index (χ2v) is 5.98. The molecule has 1 rings (SSSR count). The van der Waals surface area contributed by atoms with Gasteiger partial charge in [0.15, 0.2) is 11.5 Å². The lowest BCUT2D eigenvalue weighted by atomic mass is 10.00. The number of aliphatic hydroxyl groups is 1. The van der Waals surface area contributed by atoms with Gasteiger partial charge in [-0.05, 0) is 38.0 Å². The van der Waals surface area contributed by atoms with Crippen molar-refractivity contribution in [3.05, 3.63) is 36.4 Å². The number of ketones is 1. The van der Waals surface area contributed by atoms with Crippen molar-refractivity contribution in [2.24, 2.45) is 0 Å². The molecule has 0 amide bonds. The lowest BCUT2D eigenvalue weighted by Crippen LogP contribution is -2.23. The van der Waals surface area contributed by atoms with Gasteiger partial charge >= 0.3 is 5.97 Å². The summed E-state index contributed by atoms with van der Waals surface area (Å²) < 4.78 is 10.5. The van der Waals surface area contributed by atoms with Gasteiger partial charge in [-0.15, -0.1) is 6.58 Å². The number of ether oxygens (including phenoxy) is 2. The van der Waals surface area contributed by atoms with Crippen LogP contribution in [0, 0.1) is 0 Å². The number of Topliss-reactive ketones (excluding diaryl/α,β-unsaturated/α-hetero) is 1. The molecular formula is C18H24O5. The number of rotatable bonds is 9. The fraction of sp³-hybridized carbons (Fsp3) is 0.444. The van der Waals surface area contributed by atoms with Crippen LogP contribution in [-0.2, 0) is 16.0 Å². The minimum absolute atomic E-state index is 0.0137. The molecule has 5 nitrogen and oxygen atoms in total. The van der Waals surface area contributed by atoms with E-state index in [9.17, 15) is 14.7 Å². The zero-order valence-electron chi connectivity index (χ0n) is 13.9. The summed E-state index contributed by atoms with van der Waals surface area (Å²) in [4.78, 5) is 23.5. The Morgan fingerprint density at radius 2 is 1.96 bits per heavy atom. The summed E-state index contributed by atoms with van der Waals surface area (Å²) >= 11 is 0. The normalized spacial score (nSPS) is 11.0. The van der Waals surface area contributed by atoms with Gasteiger partial charge in [0.25, 0.3) is 0 Å². The number of esters is 1. The highest BCUT2D eigenvalue weighted by Gasteiger charge is 2.19. The highest BCUT2D eigenvalue weighted by Crippen LogP contribution is 2.28. The number of allylic oxidation sites excluding steroid dienone is 1. The SMILES string of the molecule is C=CCc1ccc(OC(=O)CCC(=O)CC(C)(C)O)c(OC)c1. The summed E-state index contributed by atoms with van der Waals surface area (Å²) in [5.41, 5.74) is -0.0671. The molecule has 0 fully saturated rings. The van der Waals surface area contributed by atoms with E-state index in [-0.39, 0.29) is 25.0 Å². The quantitative estimate of drug-likeness (QED) is 0.430. The first-order valence-electron chi connectivity index (χ1n) is 7.47. The molecule has 0 saturated heterocycles. The van der Waals surface area contributed by atoms with Gasteiger partial charge in [-0.3, -0.25) is 9.59 Å². The predicted octanol–water partition coefficient (Wildman–Crippen LogP) is 2.84. The fourth-order valence-electron chi connectivity index (χ4n) is 2.08. The molecule has 0 bridgehead atoms. The monoisotopic (exact) mass is 320 g/mol. The van der Waals surface area contributed by atoms with Crippen LogP contribution in [0.25, 0.3) is 0 Å². The number of hydrogen-bond donors (Lipinski definition) is 1. The average molecular weight is 320 g/mol. The molecule has 0 heterocycles. The summed E-state index contributed by atoms with van der Waals surface area (Å²) in [7, 11) is 1.50. The van der Waals surface area contributed by atoms with Crippen LogP contribution < -0.4 is 9.47 Å². The molecular weight excluding hydrogens is 296 g/mol. The topological polar surface area (TPSA) is 72.8 Å². The minimum Gasteiger partial charge on any atom is -0.493 e. The van der Waals surface area contributed by atoms with Crippen LogP contribution in [-0.4, -0.2) is 29.6 Å². The zero-order chi connectivity index (χ0) is 17.5. The highest BCUT2D eigenvalue weighted by molar-refractivity contribution is 5.84. The summed E-state index contributed by atoms with van der Waals surface area (Å²) in [5, 5.41) is 9.57. The summed E-state index contributed by atoms with van der Waals surface area (Å²) in [6.07, 6.45) is 2.48. The molecule has 5 heteroatoms. The Morgan fingerprint density at radius 3 is 2.52 bits per heavy atom. The third-order valence-electron chi connectivity index (χ3n) is 3.07. The van der Waals surface area contributed by atoms with Gasteiger partial charge in [0.1, 0.15) is 5.78 Å². The van der Waals surface area contributed by atoms with Gasteiger partial charge in [-0.1, -0.05) is 12.1 Å². The van der Waals surface area contributed by atoms with Crippen molar-refractivity contribution in [1.82, 2.24) is 0 Å². The maximum atomic E-state index is 11.9. The second-order valence-electron chi connectivity index (χ2n) is 5.98. The van der Waals surface area contributed by atoms with Crippen molar-refractivity contribution in [1.29, 1.82) is 0 Å². The van der Waals surface area contributed by atoms with E-state index in [1.807, 2.05) is 6.07 Å². The van der Waals surface area contributed by atoms with Crippen LogP contribution >= 0.6 is 0 Å². The van der Waals surface area contributed by atoms with E-state index >= 15 is 0 Å².